The first-order chi connectivity index (χ1) is 26.8. The topological polar surface area (TPSA) is 18.1 Å². The Morgan fingerprint density at radius 3 is 1.31 bits per heavy atom. The second-order valence-electron chi connectivity index (χ2n) is 14.4. The van der Waals surface area contributed by atoms with Crippen molar-refractivity contribution < 1.29 is 4.42 Å². The fourth-order valence-electron chi connectivity index (χ4n) is 9.29. The zero-order chi connectivity index (χ0) is 35.3. The number of hydrogen-bond donors (Lipinski definition) is 0. The molecule has 0 unspecified atom stereocenters. The molecule has 0 aliphatic rings. The zero-order valence-electron chi connectivity index (χ0n) is 29.3. The van der Waals surface area contributed by atoms with Crippen molar-refractivity contribution in [3.05, 3.63) is 188 Å². The Bertz CT molecular complexity index is 3380. The zero-order valence-corrected chi connectivity index (χ0v) is 29.3. The summed E-state index contributed by atoms with van der Waals surface area (Å²) in [6, 6.07) is 68.4. The maximum absolute atomic E-state index is 6.85. The summed E-state index contributed by atoms with van der Waals surface area (Å²) in [5, 5.41) is 14.6. The Labute approximate surface area is 310 Å². The van der Waals surface area contributed by atoms with E-state index < -0.39 is 0 Å². The first kappa shape index (κ1) is 29.4. The molecule has 0 bridgehead atoms. The predicted molar refractivity (Wildman–Crippen MR) is 229 cm³/mol. The summed E-state index contributed by atoms with van der Waals surface area (Å²) in [4.78, 5) is 0. The van der Waals surface area contributed by atoms with E-state index in [1.807, 2.05) is 0 Å². The molecular formula is C52H31NO. The molecule has 0 atom stereocenters. The summed E-state index contributed by atoms with van der Waals surface area (Å²) < 4.78 is 9.23. The molecule has 2 heteroatoms. The van der Waals surface area contributed by atoms with Crippen molar-refractivity contribution in [2.45, 2.75) is 0 Å². The molecule has 2 aromatic heterocycles. The largest absolute Gasteiger partial charge is 0.455 e. The molecular weight excluding hydrogens is 655 g/mol. The molecule has 2 nitrogen and oxygen atoms in total. The highest BCUT2D eigenvalue weighted by Gasteiger charge is 2.20. The molecule has 0 radical (unpaired) electrons. The van der Waals surface area contributed by atoms with Crippen LogP contribution in [0.5, 0.6) is 0 Å². The minimum absolute atomic E-state index is 0.905. The second-order valence-corrected chi connectivity index (χ2v) is 14.4. The van der Waals surface area contributed by atoms with Gasteiger partial charge in [0.05, 0.1) is 11.0 Å². The normalized spacial score (nSPS) is 12.1. The van der Waals surface area contributed by atoms with Crippen LogP contribution in [0, 0.1) is 0 Å². The van der Waals surface area contributed by atoms with Crippen LogP contribution in [0.25, 0.3) is 115 Å². The molecule has 250 valence electrons. The Hall–Kier alpha value is -7.16. The number of nitrogens with zero attached hydrogens (tertiary/aromatic N) is 1. The number of hydrogen-bond acceptors (Lipinski definition) is 1. The van der Waals surface area contributed by atoms with Crippen LogP contribution >= 0.6 is 0 Å². The molecule has 0 aliphatic carbocycles. The second kappa shape index (κ2) is 11.2. The molecule has 2 heterocycles. The summed E-state index contributed by atoms with van der Waals surface area (Å²) in [7, 11) is 0. The van der Waals surface area contributed by atoms with E-state index in [-0.39, 0.29) is 0 Å². The van der Waals surface area contributed by atoms with E-state index in [2.05, 4.69) is 193 Å². The molecule has 0 amide bonds. The minimum Gasteiger partial charge on any atom is -0.455 e. The predicted octanol–water partition coefficient (Wildman–Crippen LogP) is 14.6. The van der Waals surface area contributed by atoms with E-state index in [1.165, 1.54) is 81.6 Å². The fourth-order valence-corrected chi connectivity index (χ4v) is 9.29. The lowest BCUT2D eigenvalue weighted by Gasteiger charge is -2.18. The van der Waals surface area contributed by atoms with E-state index in [0.717, 1.165) is 33.2 Å². The van der Waals surface area contributed by atoms with Gasteiger partial charge in [-0.3, -0.25) is 0 Å². The quantitative estimate of drug-likeness (QED) is 0.134. The molecule has 0 spiro atoms. The first-order valence-corrected chi connectivity index (χ1v) is 18.6. The summed E-state index contributed by atoms with van der Waals surface area (Å²) in [5.41, 5.74) is 10.3. The van der Waals surface area contributed by atoms with Crippen molar-refractivity contribution in [2.75, 3.05) is 0 Å². The van der Waals surface area contributed by atoms with E-state index in [4.69, 9.17) is 4.42 Å². The van der Waals surface area contributed by atoms with Crippen molar-refractivity contribution in [1.82, 2.24) is 4.57 Å². The maximum atomic E-state index is 6.85. The van der Waals surface area contributed by atoms with Gasteiger partial charge in [-0.05, 0) is 96.4 Å². The highest BCUT2D eigenvalue weighted by Crippen LogP contribution is 2.46. The highest BCUT2D eigenvalue weighted by atomic mass is 16.3. The van der Waals surface area contributed by atoms with Gasteiger partial charge in [0.15, 0.2) is 0 Å². The third-order valence-electron chi connectivity index (χ3n) is 11.6. The monoisotopic (exact) mass is 685 g/mol. The smallest absolute Gasteiger partial charge is 0.143 e. The molecule has 54 heavy (non-hydrogen) atoms. The van der Waals surface area contributed by atoms with Gasteiger partial charge in [-0.15, -0.1) is 0 Å². The van der Waals surface area contributed by atoms with E-state index in [1.54, 1.807) is 0 Å². The lowest BCUT2D eigenvalue weighted by molar-refractivity contribution is 0.673. The SMILES string of the molecule is c1ccc2c(-c3ccc4c(c3)oc3c5ccccc5c5ccccc5c43)c3ccccc3c(-c3ccc(-n4c5ccccc5c5ccccc54)cc3)c2c1. The van der Waals surface area contributed by atoms with E-state index >= 15 is 0 Å². The number of benzene rings is 10. The van der Waals surface area contributed by atoms with Gasteiger partial charge in [0.2, 0.25) is 0 Å². The molecule has 0 saturated carbocycles. The van der Waals surface area contributed by atoms with Gasteiger partial charge < -0.3 is 8.98 Å². The van der Waals surface area contributed by atoms with Gasteiger partial charge in [0.25, 0.3) is 0 Å². The van der Waals surface area contributed by atoms with Crippen molar-refractivity contribution >= 4 is 86.8 Å². The molecule has 12 aromatic rings. The van der Waals surface area contributed by atoms with Crippen LogP contribution in [-0.4, -0.2) is 4.57 Å². The molecule has 0 saturated heterocycles. The van der Waals surface area contributed by atoms with Crippen LogP contribution in [0.15, 0.2) is 192 Å². The van der Waals surface area contributed by atoms with Crippen LogP contribution in [-0.2, 0) is 0 Å². The molecule has 0 N–H and O–H groups in total. The third kappa shape index (κ3) is 4.05. The van der Waals surface area contributed by atoms with Gasteiger partial charge in [-0.25, -0.2) is 0 Å². The Kier molecular flexibility index (Phi) is 6.09. The standard InChI is InChI=1S/C52H31NO/c1-3-17-39-35(13-1)36-14-2-8-22-44(36)52-51(39)45-30-27-33(31-48(45)54-52)50-42-20-6-4-18-40(42)49(41-19-5-7-21-43(41)50)32-25-28-34(29-26-32)53-46-23-11-9-15-37(46)38-16-10-12-24-47(38)53/h1-31H. The van der Waals surface area contributed by atoms with Crippen molar-refractivity contribution in [2.24, 2.45) is 0 Å². The Morgan fingerprint density at radius 1 is 0.315 bits per heavy atom. The van der Waals surface area contributed by atoms with Crippen molar-refractivity contribution in [1.29, 1.82) is 0 Å². The van der Waals surface area contributed by atoms with Gasteiger partial charge in [-0.1, -0.05) is 152 Å². The van der Waals surface area contributed by atoms with Gasteiger partial charge in [0, 0.05) is 32.6 Å². The van der Waals surface area contributed by atoms with Crippen LogP contribution in [0.4, 0.5) is 0 Å². The highest BCUT2D eigenvalue weighted by molar-refractivity contribution is 6.30. The number of furan rings is 1. The van der Waals surface area contributed by atoms with Crippen LogP contribution in [0.3, 0.4) is 0 Å². The van der Waals surface area contributed by atoms with Crippen LogP contribution in [0.1, 0.15) is 0 Å². The number of para-hydroxylation sites is 2. The lowest BCUT2D eigenvalue weighted by atomic mass is 9.86. The Morgan fingerprint density at radius 2 is 0.741 bits per heavy atom. The average molecular weight is 686 g/mol. The molecule has 0 aliphatic heterocycles. The summed E-state index contributed by atoms with van der Waals surface area (Å²) >= 11 is 0. The number of fused-ring (bicyclic) bond motifs is 13. The molecule has 10 aromatic carbocycles. The summed E-state index contributed by atoms with van der Waals surface area (Å²) in [5.74, 6) is 0. The van der Waals surface area contributed by atoms with Crippen LogP contribution in [0.2, 0.25) is 0 Å². The van der Waals surface area contributed by atoms with E-state index in [9.17, 15) is 0 Å². The van der Waals surface area contributed by atoms with Crippen LogP contribution < -0.4 is 0 Å². The maximum Gasteiger partial charge on any atom is 0.143 e. The van der Waals surface area contributed by atoms with E-state index in [0.29, 0.717) is 0 Å². The van der Waals surface area contributed by atoms with Crippen molar-refractivity contribution in [3.63, 3.8) is 0 Å². The number of rotatable bonds is 3. The summed E-state index contributed by atoms with van der Waals surface area (Å²) in [6.07, 6.45) is 0. The third-order valence-corrected chi connectivity index (χ3v) is 11.6. The molecule has 12 rings (SSSR count). The fraction of sp³-hybridized carbons (Fsp3) is 0. The lowest BCUT2D eigenvalue weighted by Crippen LogP contribution is -1.94. The van der Waals surface area contributed by atoms with Crippen molar-refractivity contribution in [3.8, 4) is 27.9 Å². The molecule has 0 fully saturated rings. The Balaban J connectivity index is 1.07. The number of aromatic nitrogens is 1. The van der Waals surface area contributed by atoms with Gasteiger partial charge >= 0.3 is 0 Å². The van der Waals surface area contributed by atoms with Gasteiger partial charge in [0.1, 0.15) is 11.2 Å². The van der Waals surface area contributed by atoms with Gasteiger partial charge in [-0.2, -0.15) is 0 Å². The minimum atomic E-state index is 0.905. The first-order valence-electron chi connectivity index (χ1n) is 18.6. The summed E-state index contributed by atoms with van der Waals surface area (Å²) in [6.45, 7) is 0. The average Bonchev–Trinajstić information content (AvgIpc) is 3.79.